The highest BCUT2D eigenvalue weighted by Crippen LogP contribution is 2.35. The first-order chi connectivity index (χ1) is 16.5. The zero-order valence-corrected chi connectivity index (χ0v) is 20.1. The summed E-state index contributed by atoms with van der Waals surface area (Å²) in [6, 6.07) is 13.5. The van der Waals surface area contributed by atoms with Gasteiger partial charge in [-0.2, -0.15) is 0 Å². The van der Waals surface area contributed by atoms with E-state index in [-0.39, 0.29) is 18.4 Å². The molecular weight excluding hydrogens is 430 g/mol. The summed E-state index contributed by atoms with van der Waals surface area (Å²) in [5, 5.41) is 4.03. The van der Waals surface area contributed by atoms with Crippen molar-refractivity contribution in [3.63, 3.8) is 0 Å². The lowest BCUT2D eigenvalue weighted by Gasteiger charge is -2.32. The number of nitrogens with one attached hydrogen (secondary N) is 2. The zero-order chi connectivity index (χ0) is 24.1. The van der Waals surface area contributed by atoms with Crippen LogP contribution in [0.2, 0.25) is 0 Å². The number of hydrogen-bond donors (Lipinski definition) is 2. The third kappa shape index (κ3) is 5.03. The standard InChI is InChI=1S/C27H33N3O4/c1-4-33-23-11-10-20(16-24(23)34-5-2)27(32)28-17-25(31)30-14-12-19(13-15-30)26-18(3)29-22-9-7-6-8-21(22)26/h6-11,16,19,29H,4-5,12-15,17H2,1-3H3,(H,28,32). The summed E-state index contributed by atoms with van der Waals surface area (Å²) in [6.45, 7) is 8.24. The summed E-state index contributed by atoms with van der Waals surface area (Å²) in [4.78, 5) is 30.8. The summed E-state index contributed by atoms with van der Waals surface area (Å²) < 4.78 is 11.1. The van der Waals surface area contributed by atoms with Gasteiger partial charge in [-0.05, 0) is 69.4 Å². The summed E-state index contributed by atoms with van der Waals surface area (Å²) >= 11 is 0. The zero-order valence-electron chi connectivity index (χ0n) is 20.1. The molecule has 0 unspecified atom stereocenters. The smallest absolute Gasteiger partial charge is 0.251 e. The Kier molecular flexibility index (Phi) is 7.40. The van der Waals surface area contributed by atoms with E-state index in [0.29, 0.717) is 49.3 Å². The number of H-pyrrole nitrogens is 1. The molecule has 34 heavy (non-hydrogen) atoms. The Bertz CT molecular complexity index is 1160. The van der Waals surface area contributed by atoms with Crippen LogP contribution in [-0.4, -0.2) is 54.5 Å². The van der Waals surface area contributed by atoms with Crippen LogP contribution in [0.15, 0.2) is 42.5 Å². The Balaban J connectivity index is 1.32. The van der Waals surface area contributed by atoms with Gasteiger partial charge in [-0.25, -0.2) is 0 Å². The molecule has 1 aromatic heterocycles. The van der Waals surface area contributed by atoms with Crippen LogP contribution in [0.5, 0.6) is 11.5 Å². The fraction of sp³-hybridized carbons (Fsp3) is 0.407. The van der Waals surface area contributed by atoms with Crippen molar-refractivity contribution < 1.29 is 19.1 Å². The van der Waals surface area contributed by atoms with E-state index in [4.69, 9.17) is 9.47 Å². The molecule has 1 fully saturated rings. The molecule has 180 valence electrons. The van der Waals surface area contributed by atoms with Gasteiger partial charge in [0, 0.05) is 35.2 Å². The van der Waals surface area contributed by atoms with E-state index in [0.717, 1.165) is 18.4 Å². The van der Waals surface area contributed by atoms with Gasteiger partial charge in [0.15, 0.2) is 11.5 Å². The van der Waals surface area contributed by atoms with Crippen LogP contribution in [0.4, 0.5) is 0 Å². The van der Waals surface area contributed by atoms with Gasteiger partial charge in [0.2, 0.25) is 5.91 Å². The van der Waals surface area contributed by atoms with E-state index < -0.39 is 0 Å². The minimum absolute atomic E-state index is 0.0210. The van der Waals surface area contributed by atoms with Crippen molar-refractivity contribution in [2.75, 3.05) is 32.8 Å². The van der Waals surface area contributed by atoms with Crippen LogP contribution in [0.1, 0.15) is 54.2 Å². The van der Waals surface area contributed by atoms with Gasteiger partial charge in [0.1, 0.15) is 0 Å². The Hall–Kier alpha value is -3.48. The molecule has 2 N–H and O–H groups in total. The number of benzene rings is 2. The molecule has 1 aliphatic heterocycles. The molecule has 2 amide bonds. The maximum atomic E-state index is 12.8. The van der Waals surface area contributed by atoms with Gasteiger partial charge in [0.05, 0.1) is 19.8 Å². The van der Waals surface area contributed by atoms with Crippen molar-refractivity contribution in [2.24, 2.45) is 0 Å². The maximum absolute atomic E-state index is 12.8. The van der Waals surface area contributed by atoms with Gasteiger partial charge in [-0.15, -0.1) is 0 Å². The second kappa shape index (κ2) is 10.6. The summed E-state index contributed by atoms with van der Waals surface area (Å²) in [5.74, 6) is 1.19. The van der Waals surface area contributed by atoms with Crippen LogP contribution in [0.3, 0.4) is 0 Å². The van der Waals surface area contributed by atoms with Crippen molar-refractivity contribution in [1.29, 1.82) is 0 Å². The van der Waals surface area contributed by atoms with Crippen molar-refractivity contribution in [3.05, 3.63) is 59.3 Å². The van der Waals surface area contributed by atoms with Gasteiger partial charge in [-0.1, -0.05) is 18.2 Å². The highest BCUT2D eigenvalue weighted by Gasteiger charge is 2.27. The number of aromatic amines is 1. The summed E-state index contributed by atoms with van der Waals surface area (Å²) in [6.07, 6.45) is 1.83. The highest BCUT2D eigenvalue weighted by atomic mass is 16.5. The molecule has 7 nitrogen and oxygen atoms in total. The molecule has 0 aliphatic carbocycles. The molecule has 7 heteroatoms. The number of aromatic nitrogens is 1. The van der Waals surface area contributed by atoms with Crippen LogP contribution in [0, 0.1) is 6.92 Å². The molecule has 0 saturated carbocycles. The number of likely N-dealkylation sites (tertiary alicyclic amines) is 1. The van der Waals surface area contributed by atoms with E-state index in [1.54, 1.807) is 18.2 Å². The second-order valence-electron chi connectivity index (χ2n) is 8.57. The summed E-state index contributed by atoms with van der Waals surface area (Å²) in [5.41, 5.74) is 4.18. The number of hydrogen-bond acceptors (Lipinski definition) is 4. The molecule has 2 aromatic carbocycles. The average Bonchev–Trinajstić information content (AvgIpc) is 3.19. The second-order valence-corrected chi connectivity index (χ2v) is 8.57. The van der Waals surface area contributed by atoms with Crippen molar-refractivity contribution in [3.8, 4) is 11.5 Å². The van der Waals surface area contributed by atoms with E-state index in [2.05, 4.69) is 35.4 Å². The number of ether oxygens (including phenoxy) is 2. The Morgan fingerprint density at radius 2 is 1.74 bits per heavy atom. The Morgan fingerprint density at radius 3 is 2.47 bits per heavy atom. The summed E-state index contributed by atoms with van der Waals surface area (Å²) in [7, 11) is 0. The Labute approximate surface area is 200 Å². The number of aryl methyl sites for hydroxylation is 1. The number of nitrogens with zero attached hydrogens (tertiary/aromatic N) is 1. The predicted octanol–water partition coefficient (Wildman–Crippen LogP) is 4.41. The number of rotatable bonds is 8. The number of piperidine rings is 1. The molecule has 0 radical (unpaired) electrons. The topological polar surface area (TPSA) is 83.7 Å². The van der Waals surface area contributed by atoms with Crippen LogP contribution < -0.4 is 14.8 Å². The van der Waals surface area contributed by atoms with Crippen LogP contribution in [-0.2, 0) is 4.79 Å². The first kappa shape index (κ1) is 23.7. The molecule has 1 saturated heterocycles. The fourth-order valence-corrected chi connectivity index (χ4v) is 4.80. The monoisotopic (exact) mass is 463 g/mol. The number of fused-ring (bicyclic) bond motifs is 1. The normalized spacial score (nSPS) is 14.3. The number of carbonyl (C=O) groups excluding carboxylic acids is 2. The van der Waals surface area contributed by atoms with Crippen LogP contribution in [0.25, 0.3) is 10.9 Å². The third-order valence-electron chi connectivity index (χ3n) is 6.41. The van der Waals surface area contributed by atoms with Gasteiger partial charge in [-0.3, -0.25) is 9.59 Å². The predicted molar refractivity (Wildman–Crippen MR) is 133 cm³/mol. The van der Waals surface area contributed by atoms with Crippen LogP contribution >= 0.6 is 0 Å². The lowest BCUT2D eigenvalue weighted by atomic mass is 9.87. The molecule has 3 aromatic rings. The molecule has 4 rings (SSSR count). The quantitative estimate of drug-likeness (QED) is 0.518. The van der Waals surface area contributed by atoms with Gasteiger partial charge < -0.3 is 24.7 Å². The first-order valence-electron chi connectivity index (χ1n) is 12.0. The number of para-hydroxylation sites is 1. The third-order valence-corrected chi connectivity index (χ3v) is 6.41. The van der Waals surface area contributed by atoms with E-state index in [1.807, 2.05) is 24.8 Å². The number of amides is 2. The number of carbonyl (C=O) groups is 2. The molecule has 2 heterocycles. The van der Waals surface area contributed by atoms with E-state index in [1.165, 1.54) is 16.6 Å². The SMILES string of the molecule is CCOc1ccc(C(=O)NCC(=O)N2CCC(c3c(C)[nH]c4ccccc34)CC2)cc1OCC. The minimum Gasteiger partial charge on any atom is -0.490 e. The molecule has 0 atom stereocenters. The molecular formula is C27H33N3O4. The molecule has 0 bridgehead atoms. The first-order valence-corrected chi connectivity index (χ1v) is 12.0. The Morgan fingerprint density at radius 1 is 1.03 bits per heavy atom. The minimum atomic E-state index is -0.304. The lowest BCUT2D eigenvalue weighted by molar-refractivity contribution is -0.131. The largest absolute Gasteiger partial charge is 0.490 e. The van der Waals surface area contributed by atoms with Crippen molar-refractivity contribution >= 4 is 22.7 Å². The fourth-order valence-electron chi connectivity index (χ4n) is 4.80. The maximum Gasteiger partial charge on any atom is 0.251 e. The van der Waals surface area contributed by atoms with Crippen molar-refractivity contribution in [1.82, 2.24) is 15.2 Å². The van der Waals surface area contributed by atoms with E-state index >= 15 is 0 Å². The molecule has 0 spiro atoms. The van der Waals surface area contributed by atoms with Gasteiger partial charge in [0.25, 0.3) is 5.91 Å². The van der Waals surface area contributed by atoms with E-state index in [9.17, 15) is 9.59 Å². The highest BCUT2D eigenvalue weighted by molar-refractivity contribution is 5.97. The van der Waals surface area contributed by atoms with Gasteiger partial charge >= 0.3 is 0 Å². The lowest BCUT2D eigenvalue weighted by Crippen LogP contribution is -2.43. The van der Waals surface area contributed by atoms with Crippen molar-refractivity contribution in [2.45, 2.75) is 39.5 Å². The average molecular weight is 464 g/mol. The molecule has 1 aliphatic rings.